The topological polar surface area (TPSA) is 32.3 Å². The predicted molar refractivity (Wildman–Crippen MR) is 104 cm³/mol. The number of nitrogens with one attached hydrogen (secondary N) is 1. The van der Waals surface area contributed by atoms with Crippen molar-refractivity contribution in [2.75, 3.05) is 13.2 Å². The van der Waals surface area contributed by atoms with Gasteiger partial charge < -0.3 is 10.4 Å². The number of benzene rings is 3. The third-order valence-electron chi connectivity index (χ3n) is 4.40. The maximum atomic E-state index is 9.81. The van der Waals surface area contributed by atoms with Crippen LogP contribution in [-0.4, -0.2) is 18.3 Å². The lowest BCUT2D eigenvalue weighted by Gasteiger charge is -2.23. The van der Waals surface area contributed by atoms with Gasteiger partial charge in [0.05, 0.1) is 12.6 Å². The van der Waals surface area contributed by atoms with E-state index < -0.39 is 0 Å². The number of rotatable bonds is 7. The smallest absolute Gasteiger partial charge is 0.0576 e. The second-order valence-electron chi connectivity index (χ2n) is 6.09. The zero-order valence-electron chi connectivity index (χ0n) is 14.0. The quantitative estimate of drug-likeness (QED) is 0.641. The maximum Gasteiger partial charge on any atom is 0.0576 e. The van der Waals surface area contributed by atoms with Gasteiger partial charge in [-0.05, 0) is 28.8 Å². The zero-order chi connectivity index (χ0) is 17.5. The summed E-state index contributed by atoms with van der Waals surface area (Å²) in [7, 11) is 0. The molecule has 0 saturated carbocycles. The first kappa shape index (κ1) is 17.7. The second-order valence-corrected chi connectivity index (χ2v) is 6.53. The van der Waals surface area contributed by atoms with Gasteiger partial charge in [-0.25, -0.2) is 0 Å². The van der Waals surface area contributed by atoms with Crippen molar-refractivity contribution < 1.29 is 5.11 Å². The normalized spacial score (nSPS) is 13.4. The van der Waals surface area contributed by atoms with Crippen molar-refractivity contribution in [1.29, 1.82) is 0 Å². The Morgan fingerprint density at radius 2 is 1.24 bits per heavy atom. The minimum atomic E-state index is 0.0521. The van der Waals surface area contributed by atoms with E-state index in [9.17, 15) is 5.11 Å². The minimum Gasteiger partial charge on any atom is -0.396 e. The third-order valence-corrected chi connectivity index (χ3v) is 4.65. The molecule has 3 heteroatoms. The molecule has 2 N–H and O–H groups in total. The Labute approximate surface area is 154 Å². The molecule has 0 fully saturated rings. The standard InChI is InChI=1S/C22H22ClNO/c23-21-13-11-19(12-14-21)22(18-9-5-2-6-10-18)24-15-20(16-25)17-7-3-1-4-8-17/h1-14,20,22,24-25H,15-16H2. The van der Waals surface area contributed by atoms with Gasteiger partial charge in [-0.3, -0.25) is 0 Å². The molecular weight excluding hydrogens is 330 g/mol. The molecule has 2 unspecified atom stereocenters. The summed E-state index contributed by atoms with van der Waals surface area (Å²) in [6, 6.07) is 28.4. The number of aliphatic hydroxyl groups is 1. The van der Waals surface area contributed by atoms with Crippen LogP contribution in [0, 0.1) is 0 Å². The van der Waals surface area contributed by atoms with Gasteiger partial charge in [0.25, 0.3) is 0 Å². The van der Waals surface area contributed by atoms with E-state index >= 15 is 0 Å². The zero-order valence-corrected chi connectivity index (χ0v) is 14.7. The Morgan fingerprint density at radius 3 is 1.80 bits per heavy atom. The number of hydrogen-bond acceptors (Lipinski definition) is 2. The van der Waals surface area contributed by atoms with Crippen LogP contribution in [0.4, 0.5) is 0 Å². The van der Waals surface area contributed by atoms with E-state index in [4.69, 9.17) is 11.6 Å². The number of halogens is 1. The molecule has 0 aliphatic heterocycles. The van der Waals surface area contributed by atoms with Gasteiger partial charge in [0.2, 0.25) is 0 Å². The summed E-state index contributed by atoms with van der Waals surface area (Å²) in [4.78, 5) is 0. The molecule has 0 aromatic heterocycles. The van der Waals surface area contributed by atoms with Gasteiger partial charge in [-0.1, -0.05) is 84.4 Å². The number of hydrogen-bond donors (Lipinski definition) is 2. The Hall–Kier alpha value is -2.13. The van der Waals surface area contributed by atoms with Crippen LogP contribution < -0.4 is 5.32 Å². The van der Waals surface area contributed by atoms with E-state index in [1.54, 1.807) is 0 Å². The van der Waals surface area contributed by atoms with E-state index in [1.165, 1.54) is 5.56 Å². The molecule has 0 saturated heterocycles. The first-order chi connectivity index (χ1) is 12.3. The van der Waals surface area contributed by atoms with Crippen LogP contribution in [0.1, 0.15) is 28.7 Å². The van der Waals surface area contributed by atoms with Crippen molar-refractivity contribution in [2.24, 2.45) is 0 Å². The van der Waals surface area contributed by atoms with Crippen LogP contribution in [0.5, 0.6) is 0 Å². The van der Waals surface area contributed by atoms with Crippen LogP contribution in [0.2, 0.25) is 5.02 Å². The van der Waals surface area contributed by atoms with Crippen LogP contribution in [0.25, 0.3) is 0 Å². The van der Waals surface area contributed by atoms with Crippen LogP contribution in [0.3, 0.4) is 0 Å². The molecule has 2 nitrogen and oxygen atoms in total. The van der Waals surface area contributed by atoms with Crippen LogP contribution >= 0.6 is 11.6 Å². The SMILES string of the molecule is OCC(CNC(c1ccccc1)c1ccc(Cl)cc1)c1ccccc1. The lowest BCUT2D eigenvalue weighted by molar-refractivity contribution is 0.259. The van der Waals surface area contributed by atoms with Gasteiger partial charge in [-0.15, -0.1) is 0 Å². The first-order valence-electron chi connectivity index (χ1n) is 8.47. The van der Waals surface area contributed by atoms with Gasteiger partial charge >= 0.3 is 0 Å². The summed E-state index contributed by atoms with van der Waals surface area (Å²) >= 11 is 6.04. The fraction of sp³-hybridized carbons (Fsp3) is 0.182. The van der Waals surface area contributed by atoms with Crippen molar-refractivity contribution in [1.82, 2.24) is 5.32 Å². The second kappa shape index (κ2) is 8.82. The Kier molecular flexibility index (Phi) is 6.24. The molecule has 25 heavy (non-hydrogen) atoms. The lowest BCUT2D eigenvalue weighted by atomic mass is 9.96. The van der Waals surface area contributed by atoms with Crippen LogP contribution in [-0.2, 0) is 0 Å². The molecule has 0 aliphatic carbocycles. The molecule has 0 amide bonds. The molecule has 2 atom stereocenters. The van der Waals surface area contributed by atoms with E-state index in [-0.39, 0.29) is 18.6 Å². The van der Waals surface area contributed by atoms with Gasteiger partial charge in [0.15, 0.2) is 0 Å². The predicted octanol–water partition coefficient (Wildman–Crippen LogP) is 4.80. The minimum absolute atomic E-state index is 0.0521. The summed E-state index contributed by atoms with van der Waals surface area (Å²) in [6.45, 7) is 0.793. The molecule has 0 aliphatic rings. The summed E-state index contributed by atoms with van der Waals surface area (Å²) in [5.41, 5.74) is 3.48. The van der Waals surface area contributed by atoms with Crippen molar-refractivity contribution in [3.63, 3.8) is 0 Å². The molecule has 0 spiro atoms. The highest BCUT2D eigenvalue weighted by atomic mass is 35.5. The molecule has 128 valence electrons. The molecule has 3 rings (SSSR count). The molecule has 0 radical (unpaired) electrons. The highest BCUT2D eigenvalue weighted by molar-refractivity contribution is 6.30. The fourth-order valence-electron chi connectivity index (χ4n) is 3.00. The lowest BCUT2D eigenvalue weighted by Crippen LogP contribution is -2.28. The summed E-state index contributed by atoms with van der Waals surface area (Å²) in [6.07, 6.45) is 0. The average molecular weight is 352 g/mol. The Bertz CT molecular complexity index is 759. The van der Waals surface area contributed by atoms with E-state index in [2.05, 4.69) is 29.6 Å². The van der Waals surface area contributed by atoms with Crippen molar-refractivity contribution in [3.05, 3.63) is 107 Å². The molecule has 0 bridgehead atoms. The highest BCUT2D eigenvalue weighted by Crippen LogP contribution is 2.25. The monoisotopic (exact) mass is 351 g/mol. The molecular formula is C22H22ClNO. The van der Waals surface area contributed by atoms with Gasteiger partial charge in [-0.2, -0.15) is 0 Å². The first-order valence-corrected chi connectivity index (χ1v) is 8.85. The van der Waals surface area contributed by atoms with Crippen LogP contribution in [0.15, 0.2) is 84.9 Å². The molecule has 0 heterocycles. The largest absolute Gasteiger partial charge is 0.396 e. The Balaban J connectivity index is 1.81. The summed E-state index contributed by atoms with van der Waals surface area (Å²) in [5.74, 6) is 0.0553. The average Bonchev–Trinajstić information content (AvgIpc) is 2.68. The summed E-state index contributed by atoms with van der Waals surface area (Å²) < 4.78 is 0. The van der Waals surface area contributed by atoms with Crippen molar-refractivity contribution in [2.45, 2.75) is 12.0 Å². The Morgan fingerprint density at radius 1 is 0.720 bits per heavy atom. The third kappa shape index (κ3) is 4.70. The summed E-state index contributed by atoms with van der Waals surface area (Å²) in [5, 5.41) is 14.2. The van der Waals surface area contributed by atoms with Crippen molar-refractivity contribution >= 4 is 11.6 Å². The molecule has 3 aromatic rings. The van der Waals surface area contributed by atoms with Crippen molar-refractivity contribution in [3.8, 4) is 0 Å². The van der Waals surface area contributed by atoms with E-state index in [0.29, 0.717) is 6.54 Å². The fourth-order valence-corrected chi connectivity index (χ4v) is 3.13. The number of aliphatic hydroxyl groups excluding tert-OH is 1. The van der Waals surface area contributed by atoms with E-state index in [0.717, 1.165) is 16.1 Å². The maximum absolute atomic E-state index is 9.81. The molecule has 3 aromatic carbocycles. The highest BCUT2D eigenvalue weighted by Gasteiger charge is 2.17. The van der Waals surface area contributed by atoms with E-state index in [1.807, 2.05) is 60.7 Å². The van der Waals surface area contributed by atoms with Gasteiger partial charge in [0, 0.05) is 17.5 Å². The van der Waals surface area contributed by atoms with Gasteiger partial charge in [0.1, 0.15) is 0 Å².